The molecule has 0 saturated heterocycles. The third kappa shape index (κ3) is 2.41. The highest BCUT2D eigenvalue weighted by atomic mass is 35.5. The maximum atomic E-state index is 10.8. The fraction of sp³-hybridized carbons (Fsp3) is 0.0769. The van der Waals surface area contributed by atoms with Gasteiger partial charge in [-0.1, -0.05) is 11.6 Å². The topological polar surface area (TPSA) is 78.2 Å². The third-order valence-corrected chi connectivity index (χ3v) is 4.49. The van der Waals surface area contributed by atoms with Crippen molar-refractivity contribution in [3.8, 4) is 16.2 Å². The first kappa shape index (κ1) is 13.7. The van der Waals surface area contributed by atoms with Crippen molar-refractivity contribution >= 4 is 38.8 Å². The molecule has 0 aliphatic rings. The number of ether oxygens (including phenoxy) is 1. The van der Waals surface area contributed by atoms with Crippen LogP contribution in [0.4, 0.5) is 5.69 Å². The minimum atomic E-state index is -0.459. The second-order valence-corrected chi connectivity index (χ2v) is 5.54. The van der Waals surface area contributed by atoms with E-state index in [0.29, 0.717) is 10.9 Å². The normalized spacial score (nSPS) is 10.8. The number of rotatable bonds is 3. The van der Waals surface area contributed by atoms with Crippen LogP contribution in [0.2, 0.25) is 5.15 Å². The number of benzene rings is 1. The monoisotopic (exact) mass is 321 g/mol. The van der Waals surface area contributed by atoms with E-state index in [1.54, 1.807) is 6.07 Å². The molecule has 0 aliphatic heterocycles. The maximum absolute atomic E-state index is 10.8. The Morgan fingerprint density at radius 1 is 1.33 bits per heavy atom. The van der Waals surface area contributed by atoms with Crippen molar-refractivity contribution in [1.29, 1.82) is 0 Å². The highest BCUT2D eigenvalue weighted by Gasteiger charge is 2.16. The van der Waals surface area contributed by atoms with E-state index < -0.39 is 4.92 Å². The van der Waals surface area contributed by atoms with E-state index in [-0.39, 0.29) is 5.69 Å². The highest BCUT2D eigenvalue weighted by Crippen LogP contribution is 2.40. The van der Waals surface area contributed by atoms with Gasteiger partial charge in [0.05, 0.1) is 28.3 Å². The van der Waals surface area contributed by atoms with E-state index in [1.807, 2.05) is 6.07 Å². The summed E-state index contributed by atoms with van der Waals surface area (Å²) >= 11 is 7.45. The summed E-state index contributed by atoms with van der Waals surface area (Å²) in [5.41, 5.74) is 1.46. The predicted octanol–water partition coefficient (Wildman–Crippen LogP) is 3.93. The number of methoxy groups -OCH3 is 1. The van der Waals surface area contributed by atoms with Gasteiger partial charge in [0, 0.05) is 16.5 Å². The molecule has 8 heteroatoms. The minimum absolute atomic E-state index is 0.0189. The van der Waals surface area contributed by atoms with Crippen LogP contribution in [0, 0.1) is 10.1 Å². The van der Waals surface area contributed by atoms with Crippen molar-refractivity contribution in [1.82, 2.24) is 9.97 Å². The van der Waals surface area contributed by atoms with Crippen LogP contribution in [-0.4, -0.2) is 22.0 Å². The number of non-ortho nitro benzene ring substituents is 1. The van der Waals surface area contributed by atoms with Gasteiger partial charge in [0.2, 0.25) is 0 Å². The first-order chi connectivity index (χ1) is 10.1. The zero-order chi connectivity index (χ0) is 15.0. The molecule has 3 rings (SSSR count). The van der Waals surface area contributed by atoms with Crippen molar-refractivity contribution in [2.24, 2.45) is 0 Å². The molecule has 1 aromatic carbocycles. The van der Waals surface area contributed by atoms with E-state index in [1.165, 1.54) is 36.9 Å². The van der Waals surface area contributed by atoms with Gasteiger partial charge in [-0.3, -0.25) is 10.1 Å². The molecule has 21 heavy (non-hydrogen) atoms. The smallest absolute Gasteiger partial charge is 0.273 e. The summed E-state index contributed by atoms with van der Waals surface area (Å²) in [6.45, 7) is 0. The third-order valence-electron chi connectivity index (χ3n) is 2.93. The number of thiophene rings is 1. The largest absolute Gasteiger partial charge is 0.496 e. The molecule has 0 saturated carbocycles. The molecule has 0 amide bonds. The fourth-order valence-corrected chi connectivity index (χ4v) is 3.23. The Labute approximate surface area is 128 Å². The lowest BCUT2D eigenvalue weighted by Crippen LogP contribution is -1.91. The van der Waals surface area contributed by atoms with Gasteiger partial charge in [-0.05, 0) is 12.1 Å². The molecule has 0 N–H and O–H groups in total. The Bertz CT molecular complexity index is 850. The lowest BCUT2D eigenvalue weighted by molar-refractivity contribution is -0.384. The fourth-order valence-electron chi connectivity index (χ4n) is 1.96. The van der Waals surface area contributed by atoms with E-state index in [2.05, 4.69) is 9.97 Å². The second kappa shape index (κ2) is 5.27. The summed E-state index contributed by atoms with van der Waals surface area (Å²) in [7, 11) is 1.47. The Kier molecular flexibility index (Phi) is 3.44. The Hall–Kier alpha value is -2.25. The summed E-state index contributed by atoms with van der Waals surface area (Å²) in [5.74, 6) is 0.430. The van der Waals surface area contributed by atoms with Crippen molar-refractivity contribution in [2.75, 3.05) is 7.11 Å². The molecule has 2 heterocycles. The standard InChI is InChI=1S/C13H8ClN3O3S/c1-20-10-4-7(17(18)19)2-3-8(10)11-5-9-12(21-11)13(14)16-6-15-9/h2-6H,1H3. The quantitative estimate of drug-likeness (QED) is 0.415. The molecule has 0 unspecified atom stereocenters. The maximum Gasteiger partial charge on any atom is 0.273 e. The van der Waals surface area contributed by atoms with Crippen molar-refractivity contribution in [2.45, 2.75) is 0 Å². The zero-order valence-electron chi connectivity index (χ0n) is 10.7. The average Bonchev–Trinajstić information content (AvgIpc) is 2.91. The molecular weight excluding hydrogens is 314 g/mol. The van der Waals surface area contributed by atoms with Gasteiger partial charge in [0.25, 0.3) is 5.69 Å². The Morgan fingerprint density at radius 3 is 2.81 bits per heavy atom. The van der Waals surface area contributed by atoms with Crippen molar-refractivity contribution in [3.05, 3.63) is 45.9 Å². The van der Waals surface area contributed by atoms with Crippen molar-refractivity contribution in [3.63, 3.8) is 0 Å². The average molecular weight is 322 g/mol. The number of nitro benzene ring substituents is 1. The Morgan fingerprint density at radius 2 is 2.14 bits per heavy atom. The first-order valence-electron chi connectivity index (χ1n) is 5.83. The van der Waals surface area contributed by atoms with Gasteiger partial charge >= 0.3 is 0 Å². The molecule has 0 fully saturated rings. The van der Waals surface area contributed by atoms with Crippen LogP contribution >= 0.6 is 22.9 Å². The van der Waals surface area contributed by atoms with Gasteiger partial charge in [-0.25, -0.2) is 9.97 Å². The van der Waals surface area contributed by atoms with Crippen LogP contribution in [0.25, 0.3) is 20.7 Å². The van der Waals surface area contributed by atoms with Gasteiger partial charge in [-0.15, -0.1) is 11.3 Å². The number of aromatic nitrogens is 2. The van der Waals surface area contributed by atoms with E-state index >= 15 is 0 Å². The SMILES string of the molecule is COc1cc([N+](=O)[O-])ccc1-c1cc2ncnc(Cl)c2s1. The molecule has 0 bridgehead atoms. The van der Waals surface area contributed by atoms with Gasteiger partial charge < -0.3 is 4.74 Å². The lowest BCUT2D eigenvalue weighted by atomic mass is 10.1. The summed E-state index contributed by atoms with van der Waals surface area (Å²) in [5, 5.41) is 11.2. The molecule has 6 nitrogen and oxygen atoms in total. The predicted molar refractivity (Wildman–Crippen MR) is 81.1 cm³/mol. The zero-order valence-corrected chi connectivity index (χ0v) is 12.3. The number of nitrogens with zero attached hydrogens (tertiary/aromatic N) is 3. The summed E-state index contributed by atoms with van der Waals surface area (Å²) in [4.78, 5) is 19.3. The summed E-state index contributed by atoms with van der Waals surface area (Å²) in [6.07, 6.45) is 1.40. The molecule has 0 radical (unpaired) electrons. The number of halogens is 1. The number of hydrogen-bond donors (Lipinski definition) is 0. The van der Waals surface area contributed by atoms with Crippen LogP contribution in [0.15, 0.2) is 30.6 Å². The molecule has 2 aromatic heterocycles. The molecule has 3 aromatic rings. The van der Waals surface area contributed by atoms with E-state index in [0.717, 1.165) is 20.7 Å². The van der Waals surface area contributed by atoms with Crippen LogP contribution in [0.3, 0.4) is 0 Å². The van der Waals surface area contributed by atoms with Crippen molar-refractivity contribution < 1.29 is 9.66 Å². The summed E-state index contributed by atoms with van der Waals surface area (Å²) in [6, 6.07) is 6.35. The van der Waals surface area contributed by atoms with Crippen LogP contribution in [0.5, 0.6) is 5.75 Å². The molecule has 0 aliphatic carbocycles. The molecule has 106 valence electrons. The van der Waals surface area contributed by atoms with Gasteiger partial charge in [-0.2, -0.15) is 0 Å². The van der Waals surface area contributed by atoms with Crippen LogP contribution < -0.4 is 4.74 Å². The summed E-state index contributed by atoms with van der Waals surface area (Å²) < 4.78 is 6.02. The first-order valence-corrected chi connectivity index (χ1v) is 7.02. The minimum Gasteiger partial charge on any atom is -0.496 e. The van der Waals surface area contributed by atoms with E-state index in [4.69, 9.17) is 16.3 Å². The van der Waals surface area contributed by atoms with Crippen LogP contribution in [-0.2, 0) is 0 Å². The van der Waals surface area contributed by atoms with Gasteiger partial charge in [0.15, 0.2) is 0 Å². The van der Waals surface area contributed by atoms with Gasteiger partial charge in [0.1, 0.15) is 17.2 Å². The second-order valence-electron chi connectivity index (χ2n) is 4.13. The number of nitro groups is 1. The molecule has 0 atom stereocenters. The highest BCUT2D eigenvalue weighted by molar-refractivity contribution is 7.22. The van der Waals surface area contributed by atoms with Crippen LogP contribution in [0.1, 0.15) is 0 Å². The van der Waals surface area contributed by atoms with E-state index in [9.17, 15) is 10.1 Å². The number of hydrogen-bond acceptors (Lipinski definition) is 6. The Balaban J connectivity index is 2.18. The molecular formula is C13H8ClN3O3S. The molecule has 0 spiro atoms. The number of fused-ring (bicyclic) bond motifs is 1. The lowest BCUT2D eigenvalue weighted by Gasteiger charge is -2.05.